The molecule has 1 N–H and O–H groups in total. The van der Waals surface area contributed by atoms with Gasteiger partial charge in [0.1, 0.15) is 5.56 Å². The highest BCUT2D eigenvalue weighted by Gasteiger charge is 2.24. The first-order chi connectivity index (χ1) is 22.1. The molecular formula is C33H33ClN8O4. The third-order valence-electron chi connectivity index (χ3n) is 8.20. The Morgan fingerprint density at radius 2 is 1.96 bits per heavy atom. The molecule has 1 aliphatic heterocycles. The number of aryl methyl sites for hydroxylation is 2. The summed E-state index contributed by atoms with van der Waals surface area (Å²) >= 11 is 6.40. The molecule has 0 saturated heterocycles. The maximum absolute atomic E-state index is 13.9. The van der Waals surface area contributed by atoms with Crippen LogP contribution in [0.4, 0.5) is 5.69 Å². The number of amides is 1. The molecule has 0 saturated carbocycles. The first-order valence-corrected chi connectivity index (χ1v) is 15.4. The zero-order valence-electron chi connectivity index (χ0n) is 25.9. The minimum absolute atomic E-state index is 0.0806. The Morgan fingerprint density at radius 3 is 2.74 bits per heavy atom. The second-order valence-electron chi connectivity index (χ2n) is 11.3. The molecule has 5 aromatic rings. The van der Waals surface area contributed by atoms with Gasteiger partial charge in [-0.2, -0.15) is 10.2 Å². The van der Waals surface area contributed by atoms with Crippen molar-refractivity contribution in [1.29, 1.82) is 0 Å². The van der Waals surface area contributed by atoms with E-state index in [9.17, 15) is 14.4 Å². The van der Waals surface area contributed by atoms with E-state index in [0.717, 1.165) is 11.3 Å². The van der Waals surface area contributed by atoms with Gasteiger partial charge in [-0.25, -0.2) is 14.5 Å². The summed E-state index contributed by atoms with van der Waals surface area (Å²) in [5, 5.41) is 12.4. The number of carbonyl (C=O) groups is 2. The molecule has 1 amide bonds. The Balaban J connectivity index is 1.41. The Hall–Kier alpha value is -5.10. The van der Waals surface area contributed by atoms with E-state index >= 15 is 0 Å². The van der Waals surface area contributed by atoms with E-state index in [4.69, 9.17) is 21.3 Å². The van der Waals surface area contributed by atoms with Gasteiger partial charge in [-0.1, -0.05) is 24.9 Å². The van der Waals surface area contributed by atoms with Gasteiger partial charge in [0.25, 0.3) is 5.56 Å². The van der Waals surface area contributed by atoms with Crippen LogP contribution in [0, 0.1) is 12.8 Å². The van der Waals surface area contributed by atoms with Crippen molar-refractivity contribution in [2.24, 2.45) is 13.0 Å². The van der Waals surface area contributed by atoms with Gasteiger partial charge in [-0.3, -0.25) is 23.8 Å². The Kier molecular flexibility index (Phi) is 8.55. The van der Waals surface area contributed by atoms with Crippen LogP contribution in [-0.4, -0.2) is 52.6 Å². The van der Waals surface area contributed by atoms with Gasteiger partial charge in [0.2, 0.25) is 5.91 Å². The van der Waals surface area contributed by atoms with Crippen LogP contribution in [0.1, 0.15) is 60.9 Å². The van der Waals surface area contributed by atoms with E-state index in [0.29, 0.717) is 63.9 Å². The second-order valence-corrected chi connectivity index (χ2v) is 11.7. The zero-order chi connectivity index (χ0) is 32.5. The van der Waals surface area contributed by atoms with Gasteiger partial charge in [0, 0.05) is 47.6 Å². The summed E-state index contributed by atoms with van der Waals surface area (Å²) in [7, 11) is 1.82. The number of hydrogen-bond acceptors (Lipinski definition) is 8. The van der Waals surface area contributed by atoms with E-state index in [1.54, 1.807) is 64.6 Å². The number of ether oxygens (including phenoxy) is 1. The van der Waals surface area contributed by atoms with Crippen LogP contribution in [0.25, 0.3) is 28.2 Å². The fourth-order valence-corrected chi connectivity index (χ4v) is 5.95. The number of rotatable bonds is 5. The van der Waals surface area contributed by atoms with Gasteiger partial charge < -0.3 is 10.1 Å². The summed E-state index contributed by atoms with van der Waals surface area (Å²) < 4.78 is 10.0. The second kappa shape index (κ2) is 12.7. The molecule has 0 radical (unpaired) electrons. The van der Waals surface area contributed by atoms with Crippen molar-refractivity contribution in [3.8, 4) is 28.2 Å². The number of hydrogen-bond donors (Lipinski definition) is 1. The van der Waals surface area contributed by atoms with Crippen molar-refractivity contribution in [3.63, 3.8) is 0 Å². The number of halogens is 1. The van der Waals surface area contributed by atoms with Gasteiger partial charge in [0.15, 0.2) is 0 Å². The van der Waals surface area contributed by atoms with Crippen LogP contribution in [0.15, 0.2) is 66.1 Å². The predicted molar refractivity (Wildman–Crippen MR) is 173 cm³/mol. The molecule has 5 heterocycles. The predicted octanol–water partition coefficient (Wildman–Crippen LogP) is 5.38. The fourth-order valence-electron chi connectivity index (χ4n) is 5.78. The summed E-state index contributed by atoms with van der Waals surface area (Å²) in [6.07, 6.45) is 8.34. The van der Waals surface area contributed by atoms with Crippen LogP contribution < -0.4 is 10.9 Å². The number of aromatic nitrogens is 7. The quantitative estimate of drug-likeness (QED) is 0.253. The topological polar surface area (TPSA) is 139 Å². The molecule has 0 fully saturated rings. The van der Waals surface area contributed by atoms with Crippen molar-refractivity contribution in [3.05, 3.63) is 93.6 Å². The van der Waals surface area contributed by atoms with Crippen LogP contribution in [0.3, 0.4) is 0 Å². The number of fused-ring (bicyclic) bond motifs is 4. The summed E-state index contributed by atoms with van der Waals surface area (Å²) in [4.78, 5) is 48.7. The highest BCUT2D eigenvalue weighted by Crippen LogP contribution is 2.33. The van der Waals surface area contributed by atoms with Crippen LogP contribution in [0.5, 0.6) is 0 Å². The maximum atomic E-state index is 13.9. The minimum Gasteiger partial charge on any atom is -0.462 e. The van der Waals surface area contributed by atoms with Crippen molar-refractivity contribution < 1.29 is 14.3 Å². The molecule has 0 unspecified atom stereocenters. The molecule has 12 nitrogen and oxygen atoms in total. The van der Waals surface area contributed by atoms with Crippen LogP contribution >= 0.6 is 11.6 Å². The monoisotopic (exact) mass is 640 g/mol. The van der Waals surface area contributed by atoms with Gasteiger partial charge in [0.05, 0.1) is 59.3 Å². The van der Waals surface area contributed by atoms with E-state index in [2.05, 4.69) is 20.5 Å². The summed E-state index contributed by atoms with van der Waals surface area (Å²) in [5.74, 6) is -0.789. The molecule has 6 rings (SSSR count). The number of nitrogens with one attached hydrogen (secondary N) is 1. The SMILES string of the molecule is CCOC(=O)c1cn(-c2ccc(Cl)cc2-c2cc(=O)n([C@H]3CCC[C@@H](C)C(=O)Nc4cnn(C)c4-c4ccnc3c4)cn2)nc1C. The van der Waals surface area contributed by atoms with Gasteiger partial charge in [-0.15, -0.1) is 0 Å². The summed E-state index contributed by atoms with van der Waals surface area (Å²) in [6.45, 7) is 5.61. The van der Waals surface area contributed by atoms with E-state index in [1.807, 2.05) is 26.1 Å². The van der Waals surface area contributed by atoms with E-state index in [-0.39, 0.29) is 24.0 Å². The molecule has 2 atom stereocenters. The average molecular weight is 641 g/mol. The first-order valence-electron chi connectivity index (χ1n) is 15.1. The number of anilines is 1. The van der Waals surface area contributed by atoms with Crippen molar-refractivity contribution in [2.45, 2.75) is 46.1 Å². The average Bonchev–Trinajstić information content (AvgIpc) is 3.60. The third kappa shape index (κ3) is 5.95. The Bertz CT molecular complexity index is 2010. The zero-order valence-corrected chi connectivity index (χ0v) is 26.7. The molecule has 1 aliphatic rings. The lowest BCUT2D eigenvalue weighted by Gasteiger charge is -2.22. The molecule has 2 bridgehead atoms. The molecule has 13 heteroatoms. The summed E-state index contributed by atoms with van der Waals surface area (Å²) in [6, 6.07) is 10.0. The Morgan fingerprint density at radius 1 is 1.13 bits per heavy atom. The lowest BCUT2D eigenvalue weighted by molar-refractivity contribution is -0.119. The van der Waals surface area contributed by atoms with Gasteiger partial charge >= 0.3 is 5.97 Å². The molecule has 0 aliphatic carbocycles. The number of esters is 1. The molecule has 1 aromatic carbocycles. The molecule has 0 spiro atoms. The molecule has 4 aromatic heterocycles. The highest BCUT2D eigenvalue weighted by atomic mass is 35.5. The number of pyridine rings is 1. The highest BCUT2D eigenvalue weighted by molar-refractivity contribution is 6.31. The van der Waals surface area contributed by atoms with E-state index < -0.39 is 12.0 Å². The number of benzene rings is 1. The van der Waals surface area contributed by atoms with Crippen LogP contribution in [-0.2, 0) is 16.6 Å². The maximum Gasteiger partial charge on any atom is 0.341 e. The lowest BCUT2D eigenvalue weighted by Crippen LogP contribution is -2.27. The lowest BCUT2D eigenvalue weighted by atomic mass is 9.97. The Labute approximate surface area is 270 Å². The van der Waals surface area contributed by atoms with Crippen molar-refractivity contribution in [2.75, 3.05) is 11.9 Å². The number of nitrogens with zero attached hydrogens (tertiary/aromatic N) is 7. The van der Waals surface area contributed by atoms with E-state index in [1.165, 1.54) is 12.4 Å². The largest absolute Gasteiger partial charge is 0.462 e. The number of carbonyl (C=O) groups excluding carboxylic acids is 2. The smallest absolute Gasteiger partial charge is 0.341 e. The van der Waals surface area contributed by atoms with Crippen molar-refractivity contribution in [1.82, 2.24) is 34.1 Å². The standard InChI is InChI=1S/C33H33ClN8O4/c1-5-46-33(45)24-17-42(39-20(24)3)28-10-9-22(34)14-23(28)25-15-30(43)41(18-36-25)29-8-6-7-19(2)32(44)38-27-16-37-40(4)31(27)21-11-12-35-26(29)13-21/h9-19,29H,5-8H2,1-4H3,(H,38,44)/t19-,29+/m1/s1. The first kappa shape index (κ1) is 30.9. The summed E-state index contributed by atoms with van der Waals surface area (Å²) in [5.41, 5.74) is 5.00. The molecular weight excluding hydrogens is 608 g/mol. The molecule has 236 valence electrons. The van der Waals surface area contributed by atoms with Crippen molar-refractivity contribution >= 4 is 29.2 Å². The molecule has 46 heavy (non-hydrogen) atoms. The fraction of sp³-hybridized carbons (Fsp3) is 0.303. The minimum atomic E-state index is -0.466. The third-order valence-corrected chi connectivity index (χ3v) is 8.44. The normalized spacial score (nSPS) is 16.6. The van der Waals surface area contributed by atoms with Gasteiger partial charge in [-0.05, 0) is 57.0 Å². The van der Waals surface area contributed by atoms with Crippen LogP contribution in [0.2, 0.25) is 5.02 Å².